The highest BCUT2D eigenvalue weighted by molar-refractivity contribution is 5.59. The molecule has 0 radical (unpaired) electrons. The molecule has 0 aromatic carbocycles. The minimum atomic E-state index is -0.511. The van der Waals surface area contributed by atoms with E-state index >= 15 is 0 Å². The Bertz CT molecular complexity index is 422. The summed E-state index contributed by atoms with van der Waals surface area (Å²) < 4.78 is 10.1. The van der Waals surface area contributed by atoms with Crippen LogP contribution in [0.3, 0.4) is 0 Å². The van der Waals surface area contributed by atoms with Crippen molar-refractivity contribution in [3.05, 3.63) is 36.5 Å². The van der Waals surface area contributed by atoms with E-state index < -0.39 is 6.16 Å². The van der Waals surface area contributed by atoms with Gasteiger partial charge in [0.15, 0.2) is 0 Å². The van der Waals surface area contributed by atoms with Crippen LogP contribution in [0, 0.1) is 5.92 Å². The second-order valence-electron chi connectivity index (χ2n) is 7.69. The molecular weight excluding hydrogens is 348 g/mol. The van der Waals surface area contributed by atoms with E-state index in [-0.39, 0.29) is 0 Å². The van der Waals surface area contributed by atoms with Crippen LogP contribution in [0.15, 0.2) is 36.5 Å². The van der Waals surface area contributed by atoms with Crippen molar-refractivity contribution in [1.29, 1.82) is 0 Å². The number of carbonyl (C=O) groups excluding carboxylic acids is 1. The first-order chi connectivity index (χ1) is 13.7. The van der Waals surface area contributed by atoms with Crippen molar-refractivity contribution >= 4 is 6.16 Å². The summed E-state index contributed by atoms with van der Waals surface area (Å²) in [6, 6.07) is 0. The van der Waals surface area contributed by atoms with Crippen molar-refractivity contribution in [3.8, 4) is 0 Å². The summed E-state index contributed by atoms with van der Waals surface area (Å²) in [5.41, 5.74) is 0. The quantitative estimate of drug-likeness (QED) is 0.134. The molecule has 0 N–H and O–H groups in total. The zero-order valence-electron chi connectivity index (χ0n) is 18.7. The highest BCUT2D eigenvalue weighted by atomic mass is 16.7. The van der Waals surface area contributed by atoms with E-state index in [0.29, 0.717) is 19.1 Å². The molecule has 0 fully saturated rings. The molecular formula is C25H44O3. The van der Waals surface area contributed by atoms with E-state index in [4.69, 9.17) is 9.47 Å². The molecule has 0 atom stereocenters. The van der Waals surface area contributed by atoms with Gasteiger partial charge in [-0.25, -0.2) is 4.79 Å². The molecule has 162 valence electrons. The molecule has 0 aromatic heterocycles. The van der Waals surface area contributed by atoms with Crippen molar-refractivity contribution in [3.63, 3.8) is 0 Å². The Hall–Kier alpha value is -1.51. The van der Waals surface area contributed by atoms with Gasteiger partial charge in [0.2, 0.25) is 0 Å². The molecule has 0 spiro atoms. The molecule has 0 aliphatic rings. The van der Waals surface area contributed by atoms with Gasteiger partial charge in [-0.2, -0.15) is 0 Å². The Morgan fingerprint density at radius 2 is 1.25 bits per heavy atom. The number of hydrogen-bond donors (Lipinski definition) is 0. The second kappa shape index (κ2) is 21.8. The molecule has 0 rings (SSSR count). The molecule has 0 aliphatic carbocycles. The first-order valence-electron chi connectivity index (χ1n) is 11.4. The SMILES string of the molecule is CC/C=C\C/C=C\C/C=C\CCCCCCCCOC(=O)OCCCC(C)C. The van der Waals surface area contributed by atoms with Gasteiger partial charge in [-0.3, -0.25) is 0 Å². The Labute approximate surface area is 174 Å². The molecule has 0 heterocycles. The predicted octanol–water partition coefficient (Wildman–Crippen LogP) is 8.17. The van der Waals surface area contributed by atoms with Crippen molar-refractivity contribution in [2.45, 2.75) is 97.8 Å². The van der Waals surface area contributed by atoms with Crippen LogP contribution >= 0.6 is 0 Å². The maximum absolute atomic E-state index is 11.4. The molecule has 0 aromatic rings. The van der Waals surface area contributed by atoms with Crippen LogP contribution < -0.4 is 0 Å². The van der Waals surface area contributed by atoms with E-state index in [1.54, 1.807) is 0 Å². The van der Waals surface area contributed by atoms with Crippen LogP contribution in [0.25, 0.3) is 0 Å². The summed E-state index contributed by atoms with van der Waals surface area (Å²) in [4.78, 5) is 11.4. The molecule has 28 heavy (non-hydrogen) atoms. The first-order valence-corrected chi connectivity index (χ1v) is 11.4. The summed E-state index contributed by atoms with van der Waals surface area (Å²) in [7, 11) is 0. The summed E-state index contributed by atoms with van der Waals surface area (Å²) in [5.74, 6) is 0.649. The standard InChI is InChI=1S/C25H44O3/c1-4-5-6-7-8-9-10-11-12-13-14-15-16-17-18-19-22-27-25(26)28-23-20-21-24(2)3/h5-6,8-9,11-12,24H,4,7,10,13-23H2,1-3H3/b6-5-,9-8-,12-11-. The molecule has 3 heteroatoms. The second-order valence-corrected chi connectivity index (χ2v) is 7.69. The van der Waals surface area contributed by atoms with Crippen LogP contribution in [0.5, 0.6) is 0 Å². The van der Waals surface area contributed by atoms with Crippen molar-refractivity contribution < 1.29 is 14.3 Å². The summed E-state index contributed by atoms with van der Waals surface area (Å²) in [5, 5.41) is 0. The predicted molar refractivity (Wildman–Crippen MR) is 121 cm³/mol. The zero-order valence-corrected chi connectivity index (χ0v) is 18.7. The van der Waals surface area contributed by atoms with E-state index in [1.165, 1.54) is 32.1 Å². The van der Waals surface area contributed by atoms with Crippen molar-refractivity contribution in [1.82, 2.24) is 0 Å². The van der Waals surface area contributed by atoms with Gasteiger partial charge in [0.1, 0.15) is 0 Å². The maximum atomic E-state index is 11.4. The first kappa shape index (κ1) is 26.5. The lowest BCUT2D eigenvalue weighted by Crippen LogP contribution is -2.09. The average Bonchev–Trinajstić information content (AvgIpc) is 2.67. The topological polar surface area (TPSA) is 35.5 Å². The molecule has 0 saturated heterocycles. The fourth-order valence-electron chi connectivity index (χ4n) is 2.74. The normalized spacial score (nSPS) is 12.0. The third kappa shape index (κ3) is 22.5. The number of rotatable bonds is 18. The lowest BCUT2D eigenvalue weighted by molar-refractivity contribution is 0.0524. The maximum Gasteiger partial charge on any atom is 0.508 e. The molecule has 0 unspecified atom stereocenters. The van der Waals surface area contributed by atoms with Gasteiger partial charge >= 0.3 is 6.16 Å². The van der Waals surface area contributed by atoms with Gasteiger partial charge in [-0.1, -0.05) is 82.9 Å². The lowest BCUT2D eigenvalue weighted by atomic mass is 10.1. The third-order valence-corrected chi connectivity index (χ3v) is 4.41. The fourth-order valence-corrected chi connectivity index (χ4v) is 2.74. The lowest BCUT2D eigenvalue weighted by Gasteiger charge is -2.07. The molecule has 0 bridgehead atoms. The Kier molecular flexibility index (Phi) is 20.6. The Morgan fingerprint density at radius 3 is 1.89 bits per heavy atom. The monoisotopic (exact) mass is 392 g/mol. The smallest absolute Gasteiger partial charge is 0.434 e. The Balaban J connectivity index is 3.27. The summed E-state index contributed by atoms with van der Waals surface area (Å²) >= 11 is 0. The minimum Gasteiger partial charge on any atom is -0.434 e. The number of hydrogen-bond acceptors (Lipinski definition) is 3. The van der Waals surface area contributed by atoms with Gasteiger partial charge in [0, 0.05) is 0 Å². The number of allylic oxidation sites excluding steroid dienone is 6. The van der Waals surface area contributed by atoms with Crippen molar-refractivity contribution in [2.24, 2.45) is 5.92 Å². The number of ether oxygens (including phenoxy) is 2. The average molecular weight is 393 g/mol. The fraction of sp³-hybridized carbons (Fsp3) is 0.720. The third-order valence-electron chi connectivity index (χ3n) is 4.41. The van der Waals surface area contributed by atoms with Gasteiger partial charge < -0.3 is 9.47 Å². The minimum absolute atomic E-state index is 0.470. The molecule has 3 nitrogen and oxygen atoms in total. The molecule has 0 amide bonds. The molecule has 0 saturated carbocycles. The van der Waals surface area contributed by atoms with Gasteiger partial charge in [-0.05, 0) is 57.3 Å². The van der Waals surface area contributed by atoms with Gasteiger partial charge in [0.05, 0.1) is 13.2 Å². The van der Waals surface area contributed by atoms with Crippen LogP contribution in [-0.2, 0) is 9.47 Å². The number of carbonyl (C=O) groups is 1. The van der Waals surface area contributed by atoms with Crippen molar-refractivity contribution in [2.75, 3.05) is 13.2 Å². The highest BCUT2D eigenvalue weighted by Gasteiger charge is 2.03. The van der Waals surface area contributed by atoms with Gasteiger partial charge in [0.25, 0.3) is 0 Å². The van der Waals surface area contributed by atoms with E-state index in [2.05, 4.69) is 57.2 Å². The van der Waals surface area contributed by atoms with Crippen LogP contribution in [0.4, 0.5) is 4.79 Å². The largest absolute Gasteiger partial charge is 0.508 e. The van der Waals surface area contributed by atoms with Crippen LogP contribution in [-0.4, -0.2) is 19.4 Å². The van der Waals surface area contributed by atoms with E-state index in [1.807, 2.05) is 0 Å². The van der Waals surface area contributed by atoms with E-state index in [0.717, 1.165) is 44.9 Å². The van der Waals surface area contributed by atoms with Crippen LogP contribution in [0.1, 0.15) is 97.8 Å². The highest BCUT2D eigenvalue weighted by Crippen LogP contribution is 2.08. The molecule has 0 aliphatic heterocycles. The Morgan fingerprint density at radius 1 is 0.714 bits per heavy atom. The van der Waals surface area contributed by atoms with E-state index in [9.17, 15) is 4.79 Å². The van der Waals surface area contributed by atoms with Crippen LogP contribution in [0.2, 0.25) is 0 Å². The number of unbranched alkanes of at least 4 members (excludes halogenated alkanes) is 6. The summed E-state index contributed by atoms with van der Waals surface area (Å²) in [6.45, 7) is 7.45. The van der Waals surface area contributed by atoms with Gasteiger partial charge in [-0.15, -0.1) is 0 Å². The summed E-state index contributed by atoms with van der Waals surface area (Å²) in [6.07, 6.45) is 26.4. The zero-order chi connectivity index (χ0) is 20.7.